The van der Waals surface area contributed by atoms with Crippen molar-refractivity contribution < 1.29 is 13.2 Å². The molecule has 1 aromatic rings. The third-order valence-corrected chi connectivity index (χ3v) is 6.02. The Morgan fingerprint density at radius 1 is 1.33 bits per heavy atom. The smallest absolute Gasteiger partial charge is 0.265 e. The van der Waals surface area contributed by atoms with Crippen molar-refractivity contribution in [2.75, 3.05) is 44.6 Å². The van der Waals surface area contributed by atoms with E-state index < -0.39 is 9.84 Å². The first-order chi connectivity index (χ1) is 9.62. The van der Waals surface area contributed by atoms with E-state index >= 15 is 0 Å². The molecule has 118 valence electrons. The van der Waals surface area contributed by atoms with Gasteiger partial charge in [0.05, 0.1) is 5.69 Å². The molecule has 1 saturated carbocycles. The Bertz CT molecular complexity index is 660. The quantitative estimate of drug-likeness (QED) is 0.879. The van der Waals surface area contributed by atoms with Gasteiger partial charge >= 0.3 is 0 Å². The van der Waals surface area contributed by atoms with E-state index in [1.807, 2.05) is 11.9 Å². The lowest BCUT2D eigenvalue weighted by atomic mass is 10.3. The minimum absolute atomic E-state index is 0.0684. The number of nitrogen functional groups attached to an aromatic ring is 1. The second kappa shape index (κ2) is 5.49. The molecule has 0 spiro atoms. The Hall–Kier alpha value is -1.28. The zero-order chi connectivity index (χ0) is 15.9. The molecule has 1 heterocycles. The number of nitrogens with two attached hydrogens (primary N) is 1. The Morgan fingerprint density at radius 3 is 2.33 bits per heavy atom. The van der Waals surface area contributed by atoms with Gasteiger partial charge in [0.1, 0.15) is 14.8 Å². The Labute approximate surface area is 129 Å². The Balaban J connectivity index is 2.51. The van der Waals surface area contributed by atoms with Crippen molar-refractivity contribution in [2.24, 2.45) is 5.92 Å². The minimum Gasteiger partial charge on any atom is -0.396 e. The van der Waals surface area contributed by atoms with Crippen LogP contribution in [0.5, 0.6) is 0 Å². The summed E-state index contributed by atoms with van der Waals surface area (Å²) in [6.07, 6.45) is 3.47. The molecule has 6 nitrogen and oxygen atoms in total. The lowest BCUT2D eigenvalue weighted by molar-refractivity contribution is 0.0833. The highest BCUT2D eigenvalue weighted by molar-refractivity contribution is 7.91. The average Bonchev–Trinajstić information content (AvgIpc) is 3.07. The lowest BCUT2D eigenvalue weighted by Crippen LogP contribution is -2.21. The van der Waals surface area contributed by atoms with Crippen LogP contribution in [-0.2, 0) is 9.84 Å². The van der Waals surface area contributed by atoms with Crippen LogP contribution < -0.4 is 10.6 Å². The molecule has 1 aliphatic rings. The van der Waals surface area contributed by atoms with Crippen molar-refractivity contribution in [3.63, 3.8) is 0 Å². The van der Waals surface area contributed by atoms with Crippen molar-refractivity contribution in [3.05, 3.63) is 4.88 Å². The topological polar surface area (TPSA) is 83.7 Å². The Kier molecular flexibility index (Phi) is 4.21. The maximum absolute atomic E-state index is 12.2. The standard InChI is InChI=1S/C13H21N3O3S2/c1-15(2)12(17)10-9(14)11(21(4,18)19)13(20-10)16(3)7-8-5-6-8/h8H,5-7,14H2,1-4H3. The van der Waals surface area contributed by atoms with Gasteiger partial charge in [0.15, 0.2) is 9.84 Å². The summed E-state index contributed by atoms with van der Waals surface area (Å²) < 4.78 is 24.1. The lowest BCUT2D eigenvalue weighted by Gasteiger charge is -2.18. The first kappa shape index (κ1) is 16.1. The molecule has 1 amide bonds. The summed E-state index contributed by atoms with van der Waals surface area (Å²) in [6, 6.07) is 0. The molecule has 1 aromatic heterocycles. The number of nitrogens with zero attached hydrogens (tertiary/aromatic N) is 2. The van der Waals surface area contributed by atoms with Crippen molar-refractivity contribution in [3.8, 4) is 0 Å². The van der Waals surface area contributed by atoms with Crippen LogP contribution in [0.15, 0.2) is 4.90 Å². The molecule has 1 fully saturated rings. The fourth-order valence-corrected chi connectivity index (χ4v) is 4.89. The summed E-state index contributed by atoms with van der Waals surface area (Å²) in [5.41, 5.74) is 6.04. The zero-order valence-electron chi connectivity index (χ0n) is 12.7. The highest BCUT2D eigenvalue weighted by Gasteiger charge is 2.31. The van der Waals surface area contributed by atoms with Gasteiger partial charge in [-0.2, -0.15) is 0 Å². The summed E-state index contributed by atoms with van der Waals surface area (Å²) in [4.78, 5) is 15.8. The summed E-state index contributed by atoms with van der Waals surface area (Å²) in [7, 11) is 1.60. The third kappa shape index (κ3) is 3.32. The average molecular weight is 331 g/mol. The molecule has 2 rings (SSSR count). The summed E-state index contributed by atoms with van der Waals surface area (Å²) in [5, 5.41) is 0.562. The molecule has 0 aliphatic heterocycles. The number of sulfone groups is 1. The van der Waals surface area contributed by atoms with Crippen LogP contribution in [0.1, 0.15) is 22.5 Å². The highest BCUT2D eigenvalue weighted by Crippen LogP contribution is 2.43. The maximum Gasteiger partial charge on any atom is 0.265 e. The molecule has 0 atom stereocenters. The van der Waals surface area contributed by atoms with Crippen LogP contribution in [0, 0.1) is 5.92 Å². The second-order valence-corrected chi connectivity index (χ2v) is 8.73. The number of carbonyl (C=O) groups is 1. The first-order valence-corrected chi connectivity index (χ1v) is 9.38. The molecule has 0 aromatic carbocycles. The first-order valence-electron chi connectivity index (χ1n) is 6.68. The van der Waals surface area contributed by atoms with Gasteiger partial charge in [-0.25, -0.2) is 8.42 Å². The summed E-state index contributed by atoms with van der Waals surface area (Å²) >= 11 is 1.16. The molecule has 0 saturated heterocycles. The van der Waals surface area contributed by atoms with Crippen LogP contribution in [0.25, 0.3) is 0 Å². The number of thiophene rings is 1. The molecule has 2 N–H and O–H groups in total. The second-order valence-electron chi connectivity index (χ2n) is 5.77. The third-order valence-electron chi connectivity index (χ3n) is 3.43. The summed E-state index contributed by atoms with van der Waals surface area (Å²) in [5.74, 6) is 0.340. The molecular weight excluding hydrogens is 310 g/mol. The van der Waals surface area contributed by atoms with Gasteiger partial charge in [-0.15, -0.1) is 11.3 Å². The van der Waals surface area contributed by atoms with Gasteiger partial charge in [-0.3, -0.25) is 4.79 Å². The predicted octanol–water partition coefficient (Wildman–Crippen LogP) is 1.28. The normalized spacial score (nSPS) is 15.0. The van der Waals surface area contributed by atoms with Gasteiger partial charge in [-0.1, -0.05) is 0 Å². The maximum atomic E-state index is 12.2. The van der Waals surface area contributed by atoms with Crippen LogP contribution in [0.2, 0.25) is 0 Å². The van der Waals surface area contributed by atoms with Crippen LogP contribution in [0.3, 0.4) is 0 Å². The molecule has 0 unspecified atom stereocenters. The van der Waals surface area contributed by atoms with E-state index in [1.165, 1.54) is 17.7 Å². The number of amides is 1. The van der Waals surface area contributed by atoms with Gasteiger partial charge in [-0.05, 0) is 18.8 Å². The summed E-state index contributed by atoms with van der Waals surface area (Å²) in [6.45, 7) is 0.790. The molecule has 1 aliphatic carbocycles. The molecule has 8 heteroatoms. The fraction of sp³-hybridized carbons (Fsp3) is 0.615. The van der Waals surface area contributed by atoms with Crippen molar-refractivity contribution in [2.45, 2.75) is 17.7 Å². The number of rotatable bonds is 5. The molecule has 0 radical (unpaired) electrons. The van der Waals surface area contributed by atoms with Crippen LogP contribution >= 0.6 is 11.3 Å². The van der Waals surface area contributed by atoms with Gasteiger partial charge in [0, 0.05) is 33.9 Å². The van der Waals surface area contributed by atoms with Gasteiger partial charge in [0.2, 0.25) is 0 Å². The largest absolute Gasteiger partial charge is 0.396 e. The molecule has 21 heavy (non-hydrogen) atoms. The highest BCUT2D eigenvalue weighted by atomic mass is 32.2. The predicted molar refractivity (Wildman–Crippen MR) is 85.9 cm³/mol. The van der Waals surface area contributed by atoms with Crippen molar-refractivity contribution in [1.82, 2.24) is 4.90 Å². The van der Waals surface area contributed by atoms with E-state index in [1.54, 1.807) is 14.1 Å². The van der Waals surface area contributed by atoms with Crippen molar-refractivity contribution in [1.29, 1.82) is 0 Å². The minimum atomic E-state index is -3.49. The van der Waals surface area contributed by atoms with E-state index in [2.05, 4.69) is 0 Å². The van der Waals surface area contributed by atoms with E-state index in [0.29, 0.717) is 10.9 Å². The Morgan fingerprint density at radius 2 is 1.90 bits per heavy atom. The monoisotopic (exact) mass is 331 g/mol. The van der Waals surface area contributed by atoms with Crippen LogP contribution in [0.4, 0.5) is 10.7 Å². The SMILES string of the molecule is CN(C)C(=O)c1sc(N(C)CC2CC2)c(S(C)(=O)=O)c1N. The van der Waals surface area contributed by atoms with E-state index in [0.717, 1.165) is 24.1 Å². The van der Waals surface area contributed by atoms with Crippen molar-refractivity contribution >= 4 is 37.8 Å². The van der Waals surface area contributed by atoms with Gasteiger partial charge < -0.3 is 15.5 Å². The number of carbonyl (C=O) groups excluding carboxylic acids is 1. The van der Waals surface area contributed by atoms with Gasteiger partial charge in [0.25, 0.3) is 5.91 Å². The number of hydrogen-bond donors (Lipinski definition) is 1. The fourth-order valence-electron chi connectivity index (χ4n) is 2.16. The molecule has 0 bridgehead atoms. The van der Waals surface area contributed by atoms with E-state index in [-0.39, 0.29) is 21.4 Å². The molecular formula is C13H21N3O3S2. The number of anilines is 2. The zero-order valence-corrected chi connectivity index (χ0v) is 14.3. The van der Waals surface area contributed by atoms with Crippen LogP contribution in [-0.4, -0.2) is 53.2 Å². The number of hydrogen-bond acceptors (Lipinski definition) is 6. The van der Waals surface area contributed by atoms with E-state index in [9.17, 15) is 13.2 Å². The van der Waals surface area contributed by atoms with E-state index in [4.69, 9.17) is 5.73 Å².